The van der Waals surface area contributed by atoms with E-state index in [0.717, 1.165) is 7.11 Å². The van der Waals surface area contributed by atoms with Crippen molar-refractivity contribution in [2.45, 2.75) is 6.10 Å². The van der Waals surface area contributed by atoms with Gasteiger partial charge in [-0.3, -0.25) is 25.4 Å². The molecule has 0 aliphatic heterocycles. The summed E-state index contributed by atoms with van der Waals surface area (Å²) in [6.07, 6.45) is -0.0915. The molecule has 0 saturated carbocycles. The molecule has 1 N–H and O–H groups in total. The molecule has 10 nitrogen and oxygen atoms in total. The van der Waals surface area contributed by atoms with Crippen LogP contribution in [0.25, 0.3) is 0 Å². The van der Waals surface area contributed by atoms with Crippen molar-refractivity contribution >= 4 is 5.71 Å². The molecule has 0 aromatic rings. The first-order valence-electron chi connectivity index (χ1n) is 4.16. The van der Waals surface area contributed by atoms with E-state index >= 15 is 0 Å². The average Bonchev–Trinajstić information content (AvgIpc) is 2.26. The summed E-state index contributed by atoms with van der Waals surface area (Å²) in [6.45, 7) is 0. The average molecular weight is 245 g/mol. The van der Waals surface area contributed by atoms with Crippen molar-refractivity contribution in [1.29, 1.82) is 0 Å². The summed E-state index contributed by atoms with van der Waals surface area (Å²) in [7, 11) is 1.05. The van der Waals surface area contributed by atoms with Gasteiger partial charge < -0.3 is 9.94 Å². The molecule has 0 amide bonds. The van der Waals surface area contributed by atoms with Crippen LogP contribution in [0.5, 0.6) is 0 Å². The van der Waals surface area contributed by atoms with Crippen LogP contribution in [0.1, 0.15) is 0 Å². The molecule has 0 heterocycles. The third kappa shape index (κ3) is 2.36. The van der Waals surface area contributed by atoms with E-state index in [1.165, 1.54) is 0 Å². The third-order valence-electron chi connectivity index (χ3n) is 2.01. The summed E-state index contributed by atoms with van der Waals surface area (Å²) in [6, 6.07) is 0. The zero-order chi connectivity index (χ0) is 13.2. The molecular formula is C7H7N3O7. The lowest BCUT2D eigenvalue weighted by molar-refractivity contribution is -0.725. The van der Waals surface area contributed by atoms with Crippen LogP contribution >= 0.6 is 0 Å². The highest BCUT2D eigenvalue weighted by Crippen LogP contribution is 2.21. The first kappa shape index (κ1) is 12.6. The predicted octanol–water partition coefficient (Wildman–Crippen LogP) is -0.323. The monoisotopic (exact) mass is 245 g/mol. The standard InChI is InChI=1S/C7H7N3O7/c1-17-7-5(9(13)14)2-4(8(11)12)3-6(7)10(15)16/h2-3,7H,1H3,(H,11,12). The Labute approximate surface area is 93.6 Å². The van der Waals surface area contributed by atoms with Crippen LogP contribution in [0.3, 0.4) is 0 Å². The second kappa shape index (κ2) is 4.57. The number of hydrogen-bond acceptors (Lipinski definition) is 7. The summed E-state index contributed by atoms with van der Waals surface area (Å²) in [5.41, 5.74) is -2.02. The van der Waals surface area contributed by atoms with E-state index in [-0.39, 0.29) is 0 Å². The highest BCUT2D eigenvalue weighted by atomic mass is 16.8. The van der Waals surface area contributed by atoms with Crippen molar-refractivity contribution in [3.05, 3.63) is 49.0 Å². The molecule has 0 aromatic carbocycles. The Morgan fingerprint density at radius 1 is 1.18 bits per heavy atom. The van der Waals surface area contributed by atoms with E-state index in [2.05, 4.69) is 4.74 Å². The van der Waals surface area contributed by atoms with Crippen LogP contribution in [0, 0.1) is 25.4 Å². The minimum atomic E-state index is -1.50. The first-order valence-corrected chi connectivity index (χ1v) is 4.16. The maximum Gasteiger partial charge on any atom is 0.292 e. The Morgan fingerprint density at radius 2 is 1.59 bits per heavy atom. The second-order valence-corrected chi connectivity index (χ2v) is 2.97. The number of ether oxygens (including phenoxy) is 1. The van der Waals surface area contributed by atoms with Crippen LogP contribution in [0.4, 0.5) is 0 Å². The highest BCUT2D eigenvalue weighted by Gasteiger charge is 2.42. The fourth-order valence-electron chi connectivity index (χ4n) is 1.30. The number of hydrogen-bond donors (Lipinski definition) is 1. The molecule has 1 rings (SSSR count). The van der Waals surface area contributed by atoms with E-state index in [1.54, 1.807) is 0 Å². The molecular weight excluding hydrogens is 238 g/mol. The number of nitro groups is 2. The van der Waals surface area contributed by atoms with Crippen molar-refractivity contribution in [2.24, 2.45) is 0 Å². The van der Waals surface area contributed by atoms with E-state index in [1.807, 2.05) is 0 Å². The van der Waals surface area contributed by atoms with Gasteiger partial charge in [0.25, 0.3) is 17.1 Å². The number of rotatable bonds is 3. The van der Waals surface area contributed by atoms with Gasteiger partial charge >= 0.3 is 0 Å². The van der Waals surface area contributed by atoms with Crippen molar-refractivity contribution < 1.29 is 24.7 Å². The number of allylic oxidation sites excluding steroid dienone is 2. The van der Waals surface area contributed by atoms with Crippen molar-refractivity contribution in [2.75, 3.05) is 7.11 Å². The molecule has 0 atom stereocenters. The highest BCUT2D eigenvalue weighted by molar-refractivity contribution is 6.02. The lowest BCUT2D eigenvalue weighted by atomic mass is 10.0. The van der Waals surface area contributed by atoms with E-state index in [0.29, 0.717) is 12.2 Å². The smallest absolute Gasteiger partial charge is 0.292 e. The van der Waals surface area contributed by atoms with Gasteiger partial charge in [0, 0.05) is 12.0 Å². The molecule has 0 saturated heterocycles. The van der Waals surface area contributed by atoms with Crippen LogP contribution in [-0.4, -0.2) is 38.9 Å². The molecule has 92 valence electrons. The quantitative estimate of drug-likeness (QED) is 0.310. The maximum atomic E-state index is 10.7. The number of nitrogens with zero attached hydrogens (tertiary/aromatic N) is 3. The molecule has 0 spiro atoms. The summed E-state index contributed by atoms with van der Waals surface area (Å²) in [4.78, 5) is 18.8. The van der Waals surface area contributed by atoms with Crippen LogP contribution in [0.15, 0.2) is 23.5 Å². The van der Waals surface area contributed by atoms with E-state index in [4.69, 9.17) is 5.21 Å². The van der Waals surface area contributed by atoms with E-state index < -0.39 is 38.0 Å². The molecule has 0 aromatic heterocycles. The van der Waals surface area contributed by atoms with Gasteiger partial charge in [0.2, 0.25) is 6.10 Å². The Kier molecular flexibility index (Phi) is 3.38. The molecule has 0 bridgehead atoms. The van der Waals surface area contributed by atoms with Crippen LogP contribution < -0.4 is 0 Å². The summed E-state index contributed by atoms with van der Waals surface area (Å²) >= 11 is 0. The minimum Gasteiger partial charge on any atom is -0.417 e. The number of methoxy groups -OCH3 is 1. The summed E-state index contributed by atoms with van der Waals surface area (Å²) in [5.74, 6) is 0. The topological polar surface area (TPSA) is 142 Å². The molecule has 0 fully saturated rings. The fourth-order valence-corrected chi connectivity index (χ4v) is 1.30. The van der Waals surface area contributed by atoms with Crippen molar-refractivity contribution in [1.82, 2.24) is 0 Å². The first-order chi connectivity index (χ1) is 7.88. The molecule has 17 heavy (non-hydrogen) atoms. The van der Waals surface area contributed by atoms with Gasteiger partial charge in [-0.05, 0) is 0 Å². The Bertz CT molecular complexity index is 426. The van der Waals surface area contributed by atoms with Crippen LogP contribution in [0.2, 0.25) is 0 Å². The van der Waals surface area contributed by atoms with Gasteiger partial charge in [0.05, 0.1) is 22.0 Å². The summed E-state index contributed by atoms with van der Waals surface area (Å²) in [5, 5.41) is 40.5. The van der Waals surface area contributed by atoms with Crippen molar-refractivity contribution in [3.63, 3.8) is 0 Å². The maximum absolute atomic E-state index is 10.7. The van der Waals surface area contributed by atoms with Gasteiger partial charge in [0.1, 0.15) is 0 Å². The predicted molar refractivity (Wildman–Crippen MR) is 51.4 cm³/mol. The second-order valence-electron chi connectivity index (χ2n) is 2.97. The Hall–Kier alpha value is -2.49. The lowest BCUT2D eigenvalue weighted by Crippen LogP contribution is -2.31. The Balaban J connectivity index is 3.37. The van der Waals surface area contributed by atoms with Crippen LogP contribution in [-0.2, 0) is 4.74 Å². The SMILES string of the molecule is COC1C([N+](=O)[O-])=CC(=[N+]([O-])O)C=C1[N+](=O)[O-]. The van der Waals surface area contributed by atoms with Gasteiger partial charge in [0.15, 0.2) is 0 Å². The van der Waals surface area contributed by atoms with Crippen molar-refractivity contribution in [3.8, 4) is 0 Å². The summed E-state index contributed by atoms with van der Waals surface area (Å²) < 4.78 is 4.63. The van der Waals surface area contributed by atoms with Gasteiger partial charge in [-0.25, -0.2) is 0 Å². The minimum absolute atomic E-state index is 0.614. The molecule has 1 aliphatic carbocycles. The molecule has 10 heteroatoms. The lowest BCUT2D eigenvalue weighted by Gasteiger charge is -2.12. The largest absolute Gasteiger partial charge is 0.417 e. The van der Waals surface area contributed by atoms with Gasteiger partial charge in [-0.15, -0.1) is 0 Å². The molecule has 0 unspecified atom stereocenters. The fraction of sp³-hybridized carbons (Fsp3) is 0.286. The zero-order valence-electron chi connectivity index (χ0n) is 8.47. The van der Waals surface area contributed by atoms with E-state index in [9.17, 15) is 25.4 Å². The molecule has 1 aliphatic rings. The normalized spacial score (nSPS) is 19.4. The molecule has 0 radical (unpaired) electrons. The zero-order valence-corrected chi connectivity index (χ0v) is 8.47. The van der Waals surface area contributed by atoms with Gasteiger partial charge in [-0.1, -0.05) is 0 Å². The van der Waals surface area contributed by atoms with Gasteiger partial charge in [-0.2, -0.15) is 0 Å². The Morgan fingerprint density at radius 3 is 1.82 bits per heavy atom. The third-order valence-corrected chi connectivity index (χ3v) is 2.01.